The number of Topliss-reactive ketones (excluding diaryl/α,β-unsaturated/α-hetero) is 1. The van der Waals surface area contributed by atoms with Crippen molar-refractivity contribution in [2.45, 2.75) is 39.0 Å². The van der Waals surface area contributed by atoms with Crippen LogP contribution in [0.4, 0.5) is 0 Å². The Kier molecular flexibility index (Phi) is 4.09. The molecule has 0 radical (unpaired) electrons. The molecule has 1 atom stereocenters. The Bertz CT molecular complexity index is 470. The van der Waals surface area contributed by atoms with E-state index in [-0.39, 0.29) is 11.7 Å². The topological polar surface area (TPSA) is 53.8 Å². The van der Waals surface area contributed by atoms with Gasteiger partial charge >= 0.3 is 0 Å². The molecule has 0 aromatic carbocycles. The summed E-state index contributed by atoms with van der Waals surface area (Å²) in [5.74, 6) is -0.225. The number of nitrogens with zero attached hydrogens (tertiary/aromatic N) is 2. The number of ketones is 1. The molecule has 94 valence electrons. The number of hydrogen-bond donors (Lipinski definition) is 0. The smallest absolute Gasteiger partial charge is 0.153 e. The fourth-order valence-electron chi connectivity index (χ4n) is 2.67. The lowest BCUT2D eigenvalue weighted by atomic mass is 9.88. The van der Waals surface area contributed by atoms with Crippen LogP contribution in [0.2, 0.25) is 0 Å². The number of aromatic nitrogens is 1. The van der Waals surface area contributed by atoms with Crippen molar-refractivity contribution >= 4 is 5.78 Å². The second-order valence-electron chi connectivity index (χ2n) is 5.08. The summed E-state index contributed by atoms with van der Waals surface area (Å²) in [6.07, 6.45) is 6.44. The van der Waals surface area contributed by atoms with Crippen LogP contribution in [0.15, 0.2) is 18.3 Å². The predicted molar refractivity (Wildman–Crippen MR) is 68.7 cm³/mol. The Balaban J connectivity index is 2.05. The fourth-order valence-corrected chi connectivity index (χ4v) is 2.67. The number of rotatable bonds is 4. The molecule has 3 nitrogen and oxygen atoms in total. The van der Waals surface area contributed by atoms with Crippen molar-refractivity contribution in [2.24, 2.45) is 11.8 Å². The number of pyridine rings is 1. The summed E-state index contributed by atoms with van der Waals surface area (Å²) in [7, 11) is 0. The fraction of sp³-hybridized carbons (Fsp3) is 0.533. The molecule has 1 aromatic rings. The third kappa shape index (κ3) is 2.95. The summed E-state index contributed by atoms with van der Waals surface area (Å²) in [6, 6.07) is 6.02. The van der Waals surface area contributed by atoms with E-state index in [1.807, 2.05) is 19.1 Å². The maximum Gasteiger partial charge on any atom is 0.153 e. The molecule has 1 saturated carbocycles. The summed E-state index contributed by atoms with van der Waals surface area (Å²) < 4.78 is 0. The van der Waals surface area contributed by atoms with E-state index in [2.05, 4.69) is 11.1 Å². The highest BCUT2D eigenvalue weighted by atomic mass is 16.1. The normalized spacial score (nSPS) is 17.3. The van der Waals surface area contributed by atoms with Crippen LogP contribution in [0.1, 0.15) is 36.9 Å². The van der Waals surface area contributed by atoms with E-state index in [1.165, 1.54) is 0 Å². The molecule has 0 saturated heterocycles. The third-order valence-electron chi connectivity index (χ3n) is 3.66. The number of carbonyl (C=O) groups is 1. The van der Waals surface area contributed by atoms with Crippen LogP contribution in [0.25, 0.3) is 0 Å². The largest absolute Gasteiger partial charge is 0.298 e. The van der Waals surface area contributed by atoms with Gasteiger partial charge in [-0.15, -0.1) is 0 Å². The predicted octanol–water partition coefficient (Wildman–Crippen LogP) is 2.83. The van der Waals surface area contributed by atoms with Gasteiger partial charge in [-0.05, 0) is 43.9 Å². The summed E-state index contributed by atoms with van der Waals surface area (Å²) in [5.41, 5.74) is 1.96. The lowest BCUT2D eigenvalue weighted by molar-refractivity contribution is -0.125. The molecule has 0 bridgehead atoms. The summed E-state index contributed by atoms with van der Waals surface area (Å²) in [4.78, 5) is 16.4. The van der Waals surface area contributed by atoms with Crippen molar-refractivity contribution in [3.8, 4) is 6.07 Å². The lowest BCUT2D eigenvalue weighted by Gasteiger charge is -2.13. The van der Waals surface area contributed by atoms with Crippen LogP contribution < -0.4 is 0 Å². The van der Waals surface area contributed by atoms with Crippen molar-refractivity contribution in [3.05, 3.63) is 29.6 Å². The molecule has 0 spiro atoms. The van der Waals surface area contributed by atoms with E-state index in [1.54, 1.807) is 6.20 Å². The highest BCUT2D eigenvalue weighted by Crippen LogP contribution is 2.28. The Morgan fingerprint density at radius 3 is 2.89 bits per heavy atom. The van der Waals surface area contributed by atoms with Gasteiger partial charge in [0.25, 0.3) is 0 Å². The van der Waals surface area contributed by atoms with Gasteiger partial charge in [-0.25, -0.2) is 0 Å². The summed E-state index contributed by atoms with van der Waals surface area (Å²) >= 11 is 0. The standard InChI is InChI=1S/C15H18N2O/c1-11-8-12(6-7-17-11)9-14(10-16)15(18)13-4-2-3-5-13/h6-8,13-14H,2-5,9H2,1H3. The van der Waals surface area contributed by atoms with Crippen molar-refractivity contribution in [2.75, 3.05) is 0 Å². The molecular formula is C15H18N2O. The number of aryl methyl sites for hydroxylation is 1. The first-order chi connectivity index (χ1) is 8.70. The molecule has 1 heterocycles. The molecular weight excluding hydrogens is 224 g/mol. The summed E-state index contributed by atoms with van der Waals surface area (Å²) in [6.45, 7) is 1.92. The molecule has 18 heavy (non-hydrogen) atoms. The van der Waals surface area contributed by atoms with Crippen molar-refractivity contribution in [1.29, 1.82) is 5.26 Å². The van der Waals surface area contributed by atoms with Crippen LogP contribution >= 0.6 is 0 Å². The molecule has 2 rings (SSSR count). The monoisotopic (exact) mass is 242 g/mol. The molecule has 3 heteroatoms. The van der Waals surface area contributed by atoms with Crippen LogP contribution in [0.3, 0.4) is 0 Å². The minimum absolute atomic E-state index is 0.123. The zero-order valence-electron chi connectivity index (χ0n) is 10.7. The van der Waals surface area contributed by atoms with Gasteiger partial charge in [0.05, 0.1) is 6.07 Å². The van der Waals surface area contributed by atoms with Gasteiger partial charge in [0.1, 0.15) is 5.92 Å². The Morgan fingerprint density at radius 2 is 2.28 bits per heavy atom. The van der Waals surface area contributed by atoms with Gasteiger partial charge in [-0.1, -0.05) is 12.8 Å². The molecule has 1 aliphatic rings. The van der Waals surface area contributed by atoms with Crippen molar-refractivity contribution in [1.82, 2.24) is 4.98 Å². The van der Waals surface area contributed by atoms with Crippen LogP contribution in [-0.2, 0) is 11.2 Å². The first-order valence-electron chi connectivity index (χ1n) is 6.55. The SMILES string of the molecule is Cc1cc(CC(C#N)C(=O)C2CCCC2)ccn1. The maximum atomic E-state index is 12.2. The molecule has 1 aliphatic carbocycles. The van der Waals surface area contributed by atoms with Crippen molar-refractivity contribution < 1.29 is 4.79 Å². The average Bonchev–Trinajstić information content (AvgIpc) is 2.89. The third-order valence-corrected chi connectivity index (χ3v) is 3.66. The van der Waals surface area contributed by atoms with E-state index in [0.717, 1.165) is 36.9 Å². The highest BCUT2D eigenvalue weighted by molar-refractivity contribution is 5.86. The molecule has 0 amide bonds. The first-order valence-corrected chi connectivity index (χ1v) is 6.55. The second kappa shape index (κ2) is 5.77. The highest BCUT2D eigenvalue weighted by Gasteiger charge is 2.29. The first kappa shape index (κ1) is 12.8. The number of carbonyl (C=O) groups excluding carboxylic acids is 1. The van der Waals surface area contributed by atoms with Gasteiger partial charge in [0, 0.05) is 17.8 Å². The van der Waals surface area contributed by atoms with Crippen LogP contribution in [-0.4, -0.2) is 10.8 Å². The Labute approximate surface area is 108 Å². The summed E-state index contributed by atoms with van der Waals surface area (Å²) in [5, 5.41) is 9.20. The Morgan fingerprint density at radius 1 is 1.56 bits per heavy atom. The minimum atomic E-state index is -0.491. The quantitative estimate of drug-likeness (QED) is 0.815. The van der Waals surface area contributed by atoms with E-state index in [4.69, 9.17) is 0 Å². The molecule has 1 fully saturated rings. The lowest BCUT2D eigenvalue weighted by Crippen LogP contribution is -2.22. The number of hydrogen-bond acceptors (Lipinski definition) is 3. The maximum absolute atomic E-state index is 12.2. The molecule has 0 N–H and O–H groups in total. The van der Waals surface area contributed by atoms with Gasteiger partial charge < -0.3 is 0 Å². The van der Waals surface area contributed by atoms with E-state index >= 15 is 0 Å². The molecule has 1 unspecified atom stereocenters. The van der Waals surface area contributed by atoms with Gasteiger partial charge in [0.2, 0.25) is 0 Å². The average molecular weight is 242 g/mol. The van der Waals surface area contributed by atoms with E-state index in [9.17, 15) is 10.1 Å². The molecule has 1 aromatic heterocycles. The van der Waals surface area contributed by atoms with Crippen molar-refractivity contribution in [3.63, 3.8) is 0 Å². The van der Waals surface area contributed by atoms with Crippen LogP contribution in [0.5, 0.6) is 0 Å². The second-order valence-corrected chi connectivity index (χ2v) is 5.08. The Hall–Kier alpha value is -1.69. The van der Waals surface area contributed by atoms with E-state index < -0.39 is 5.92 Å². The van der Waals surface area contributed by atoms with Gasteiger partial charge in [-0.3, -0.25) is 9.78 Å². The molecule has 0 aliphatic heterocycles. The van der Waals surface area contributed by atoms with Crippen LogP contribution in [0, 0.1) is 30.1 Å². The zero-order chi connectivity index (χ0) is 13.0. The van der Waals surface area contributed by atoms with Gasteiger partial charge in [0.15, 0.2) is 5.78 Å². The zero-order valence-corrected chi connectivity index (χ0v) is 10.7. The number of nitriles is 1. The minimum Gasteiger partial charge on any atom is -0.298 e. The van der Waals surface area contributed by atoms with Gasteiger partial charge in [-0.2, -0.15) is 5.26 Å². The van der Waals surface area contributed by atoms with E-state index in [0.29, 0.717) is 6.42 Å².